The van der Waals surface area contributed by atoms with Gasteiger partial charge in [0, 0.05) is 24.0 Å². The second-order valence-electron chi connectivity index (χ2n) is 5.97. The molecular formula is C16H20BrNO. The SMILES string of the molecule is O=C1c2ccccc2CCN1CC1(CBr)CCCC1. The summed E-state index contributed by atoms with van der Waals surface area (Å²) in [7, 11) is 0. The fourth-order valence-electron chi connectivity index (χ4n) is 3.49. The van der Waals surface area contributed by atoms with Crippen LogP contribution in [0.2, 0.25) is 0 Å². The molecule has 1 aliphatic carbocycles. The van der Waals surface area contributed by atoms with Gasteiger partial charge in [0.05, 0.1) is 0 Å². The summed E-state index contributed by atoms with van der Waals surface area (Å²) in [6.07, 6.45) is 6.13. The van der Waals surface area contributed by atoms with Crippen LogP contribution in [0.5, 0.6) is 0 Å². The molecule has 0 saturated heterocycles. The maximum atomic E-state index is 12.6. The molecule has 0 atom stereocenters. The van der Waals surface area contributed by atoms with Crippen molar-refractivity contribution in [3.63, 3.8) is 0 Å². The van der Waals surface area contributed by atoms with Gasteiger partial charge in [0.2, 0.25) is 0 Å². The van der Waals surface area contributed by atoms with Crippen LogP contribution in [0.1, 0.15) is 41.6 Å². The average molecular weight is 322 g/mol. The van der Waals surface area contributed by atoms with Gasteiger partial charge in [-0.15, -0.1) is 0 Å². The van der Waals surface area contributed by atoms with Crippen molar-refractivity contribution in [2.45, 2.75) is 32.1 Å². The van der Waals surface area contributed by atoms with Crippen LogP contribution in [0, 0.1) is 5.41 Å². The van der Waals surface area contributed by atoms with E-state index in [1.54, 1.807) is 0 Å². The van der Waals surface area contributed by atoms with E-state index >= 15 is 0 Å². The second-order valence-corrected chi connectivity index (χ2v) is 6.54. The first-order chi connectivity index (χ1) is 9.24. The van der Waals surface area contributed by atoms with Crippen molar-refractivity contribution in [2.75, 3.05) is 18.4 Å². The molecule has 3 heteroatoms. The normalized spacial score (nSPS) is 21.5. The molecule has 0 N–H and O–H groups in total. The van der Waals surface area contributed by atoms with E-state index in [4.69, 9.17) is 0 Å². The molecule has 0 bridgehead atoms. The predicted molar refractivity (Wildman–Crippen MR) is 80.7 cm³/mol. The molecule has 0 spiro atoms. The molecule has 102 valence electrons. The van der Waals surface area contributed by atoms with Gasteiger partial charge in [0.15, 0.2) is 0 Å². The van der Waals surface area contributed by atoms with E-state index in [0.29, 0.717) is 5.41 Å². The Morgan fingerprint density at radius 3 is 2.68 bits per heavy atom. The summed E-state index contributed by atoms with van der Waals surface area (Å²) >= 11 is 3.67. The lowest BCUT2D eigenvalue weighted by Crippen LogP contribution is -2.44. The highest BCUT2D eigenvalue weighted by Crippen LogP contribution is 2.41. The van der Waals surface area contributed by atoms with Crippen LogP contribution in [0.4, 0.5) is 0 Å². The smallest absolute Gasteiger partial charge is 0.254 e. The number of carbonyl (C=O) groups excluding carboxylic acids is 1. The first-order valence-electron chi connectivity index (χ1n) is 7.17. The number of fused-ring (bicyclic) bond motifs is 1. The largest absolute Gasteiger partial charge is 0.338 e. The summed E-state index contributed by atoms with van der Waals surface area (Å²) in [4.78, 5) is 14.7. The van der Waals surface area contributed by atoms with Gasteiger partial charge in [0.1, 0.15) is 0 Å². The summed E-state index contributed by atoms with van der Waals surface area (Å²) in [6, 6.07) is 8.05. The number of hydrogen-bond donors (Lipinski definition) is 0. The van der Waals surface area contributed by atoms with Crippen molar-refractivity contribution in [3.05, 3.63) is 35.4 Å². The van der Waals surface area contributed by atoms with E-state index < -0.39 is 0 Å². The Hall–Kier alpha value is -0.830. The minimum atomic E-state index is 0.231. The molecule has 1 fully saturated rings. The number of halogens is 1. The minimum Gasteiger partial charge on any atom is -0.338 e. The number of amides is 1. The number of nitrogens with zero attached hydrogens (tertiary/aromatic N) is 1. The third kappa shape index (κ3) is 2.45. The predicted octanol–water partition coefficient (Wildman–Crippen LogP) is 3.64. The Morgan fingerprint density at radius 1 is 1.21 bits per heavy atom. The van der Waals surface area contributed by atoms with Crippen LogP contribution in [0.15, 0.2) is 24.3 Å². The monoisotopic (exact) mass is 321 g/mol. The third-order valence-electron chi connectivity index (χ3n) is 4.66. The van der Waals surface area contributed by atoms with E-state index in [2.05, 4.69) is 26.9 Å². The molecule has 0 unspecified atom stereocenters. The van der Waals surface area contributed by atoms with Crippen LogP contribution in [0.25, 0.3) is 0 Å². The quantitative estimate of drug-likeness (QED) is 0.778. The second kappa shape index (κ2) is 5.28. The van der Waals surface area contributed by atoms with Gasteiger partial charge in [-0.3, -0.25) is 4.79 Å². The van der Waals surface area contributed by atoms with E-state index in [-0.39, 0.29) is 5.91 Å². The molecule has 1 aromatic rings. The van der Waals surface area contributed by atoms with Crippen LogP contribution >= 0.6 is 15.9 Å². The molecular weight excluding hydrogens is 302 g/mol. The Balaban J connectivity index is 1.79. The van der Waals surface area contributed by atoms with Gasteiger partial charge in [-0.05, 0) is 36.3 Å². The lowest BCUT2D eigenvalue weighted by Gasteiger charge is -2.36. The first kappa shape index (κ1) is 13.2. The summed E-state index contributed by atoms with van der Waals surface area (Å²) in [5.41, 5.74) is 2.45. The third-order valence-corrected chi connectivity index (χ3v) is 5.85. The van der Waals surface area contributed by atoms with E-state index in [1.807, 2.05) is 18.2 Å². The number of alkyl halides is 1. The fraction of sp³-hybridized carbons (Fsp3) is 0.562. The fourth-order valence-corrected chi connectivity index (χ4v) is 4.23. The zero-order chi connectivity index (χ0) is 13.3. The van der Waals surface area contributed by atoms with Crippen molar-refractivity contribution < 1.29 is 4.79 Å². The number of benzene rings is 1. The summed E-state index contributed by atoms with van der Waals surface area (Å²) in [5, 5.41) is 1.02. The van der Waals surface area contributed by atoms with Crippen molar-refractivity contribution in [3.8, 4) is 0 Å². The van der Waals surface area contributed by atoms with Crippen molar-refractivity contribution in [2.24, 2.45) is 5.41 Å². The van der Waals surface area contributed by atoms with Crippen molar-refractivity contribution in [1.82, 2.24) is 4.90 Å². The summed E-state index contributed by atoms with van der Waals surface area (Å²) in [5.74, 6) is 0.231. The van der Waals surface area contributed by atoms with E-state index in [9.17, 15) is 4.79 Å². The zero-order valence-electron chi connectivity index (χ0n) is 11.2. The molecule has 1 aromatic carbocycles. The van der Waals surface area contributed by atoms with Gasteiger partial charge >= 0.3 is 0 Å². The molecule has 1 aliphatic heterocycles. The Morgan fingerprint density at radius 2 is 1.95 bits per heavy atom. The maximum Gasteiger partial charge on any atom is 0.254 e. The topological polar surface area (TPSA) is 20.3 Å². The highest BCUT2D eigenvalue weighted by Gasteiger charge is 2.37. The molecule has 1 amide bonds. The summed E-state index contributed by atoms with van der Waals surface area (Å²) in [6.45, 7) is 1.80. The van der Waals surface area contributed by atoms with Gasteiger partial charge < -0.3 is 4.90 Å². The molecule has 2 aliphatic rings. The average Bonchev–Trinajstić information content (AvgIpc) is 2.92. The molecule has 0 aromatic heterocycles. The highest BCUT2D eigenvalue weighted by atomic mass is 79.9. The molecule has 19 heavy (non-hydrogen) atoms. The summed E-state index contributed by atoms with van der Waals surface area (Å²) < 4.78 is 0. The van der Waals surface area contributed by atoms with Crippen LogP contribution < -0.4 is 0 Å². The maximum absolute atomic E-state index is 12.6. The van der Waals surface area contributed by atoms with Gasteiger partial charge in [-0.1, -0.05) is 47.0 Å². The van der Waals surface area contributed by atoms with Gasteiger partial charge in [-0.25, -0.2) is 0 Å². The Kier molecular flexibility index (Phi) is 3.66. The molecule has 3 rings (SSSR count). The number of rotatable bonds is 3. The first-order valence-corrected chi connectivity index (χ1v) is 8.29. The van der Waals surface area contributed by atoms with E-state index in [0.717, 1.165) is 30.4 Å². The molecule has 0 radical (unpaired) electrons. The molecule has 1 heterocycles. The zero-order valence-corrected chi connectivity index (χ0v) is 12.8. The lowest BCUT2D eigenvalue weighted by molar-refractivity contribution is 0.0661. The van der Waals surface area contributed by atoms with Crippen LogP contribution in [-0.2, 0) is 6.42 Å². The standard InChI is InChI=1S/C16H20BrNO/c17-11-16(8-3-4-9-16)12-18-10-7-13-5-1-2-6-14(13)15(18)19/h1-2,5-6H,3-4,7-12H2. The minimum absolute atomic E-state index is 0.231. The van der Waals surface area contributed by atoms with Crippen LogP contribution in [-0.4, -0.2) is 29.2 Å². The Labute approximate surface area is 123 Å². The number of carbonyl (C=O) groups is 1. The number of hydrogen-bond acceptors (Lipinski definition) is 1. The van der Waals surface area contributed by atoms with Crippen molar-refractivity contribution in [1.29, 1.82) is 0 Å². The van der Waals surface area contributed by atoms with Gasteiger partial charge in [0.25, 0.3) is 5.91 Å². The molecule has 2 nitrogen and oxygen atoms in total. The van der Waals surface area contributed by atoms with Crippen LogP contribution in [0.3, 0.4) is 0 Å². The Bertz CT molecular complexity index is 479. The lowest BCUT2D eigenvalue weighted by atomic mass is 9.87. The van der Waals surface area contributed by atoms with Crippen molar-refractivity contribution >= 4 is 21.8 Å². The van der Waals surface area contributed by atoms with E-state index in [1.165, 1.54) is 31.2 Å². The molecule has 1 saturated carbocycles. The highest BCUT2D eigenvalue weighted by molar-refractivity contribution is 9.09. The van der Waals surface area contributed by atoms with Gasteiger partial charge in [-0.2, -0.15) is 0 Å².